The predicted molar refractivity (Wildman–Crippen MR) is 58.1 cm³/mol. The van der Waals surface area contributed by atoms with Crippen LogP contribution in [-0.4, -0.2) is 5.51 Å². The van der Waals surface area contributed by atoms with Crippen molar-refractivity contribution in [1.82, 2.24) is 0 Å². The molecular formula is C9H8ClF3N2S. The van der Waals surface area contributed by atoms with Crippen molar-refractivity contribution in [3.63, 3.8) is 0 Å². The highest BCUT2D eigenvalue weighted by molar-refractivity contribution is 8.00. The quantitative estimate of drug-likeness (QED) is 0.838. The van der Waals surface area contributed by atoms with Gasteiger partial charge in [0.2, 0.25) is 0 Å². The molecule has 0 heterocycles. The Morgan fingerprint density at radius 2 is 1.75 bits per heavy atom. The fourth-order valence-electron chi connectivity index (χ4n) is 0.951. The molecule has 0 aliphatic rings. The Bertz CT molecular complexity index is 372. The van der Waals surface area contributed by atoms with Crippen LogP contribution in [-0.2, 0) is 0 Å². The normalized spacial score (nSPS) is 12.4. The lowest BCUT2D eigenvalue weighted by Gasteiger charge is -2.07. The minimum atomic E-state index is -4.29. The first-order chi connectivity index (χ1) is 6.92. The summed E-state index contributed by atoms with van der Waals surface area (Å²) in [5.41, 5.74) is 1.59. The van der Waals surface area contributed by atoms with Crippen molar-refractivity contribution in [2.45, 2.75) is 16.4 Å². The second-order valence-corrected chi connectivity index (χ2v) is 3.86. The lowest BCUT2D eigenvalue weighted by Crippen LogP contribution is -2.06. The molecule has 1 unspecified atom stereocenters. The first kappa shape index (κ1) is 15.1. The number of benzene rings is 1. The monoisotopic (exact) mass is 268 g/mol. The highest BCUT2D eigenvalue weighted by Gasteiger charge is 2.29. The minimum Gasteiger partial charge on any atom is -0.312 e. The molecule has 0 aliphatic heterocycles. The number of rotatable bonds is 2. The van der Waals surface area contributed by atoms with Gasteiger partial charge in [0.1, 0.15) is 6.04 Å². The van der Waals surface area contributed by atoms with Crippen LogP contribution in [0.5, 0.6) is 0 Å². The summed E-state index contributed by atoms with van der Waals surface area (Å²) in [6.07, 6.45) is 0. The van der Waals surface area contributed by atoms with Crippen molar-refractivity contribution in [3.05, 3.63) is 29.8 Å². The van der Waals surface area contributed by atoms with Crippen molar-refractivity contribution >= 4 is 24.2 Å². The molecule has 0 amide bonds. The van der Waals surface area contributed by atoms with Crippen LogP contribution in [0.25, 0.3) is 0 Å². The zero-order chi connectivity index (χ0) is 11.5. The molecule has 0 spiro atoms. The molecule has 7 heteroatoms. The second-order valence-electron chi connectivity index (χ2n) is 2.72. The van der Waals surface area contributed by atoms with Gasteiger partial charge in [0, 0.05) is 4.90 Å². The van der Waals surface area contributed by atoms with E-state index in [2.05, 4.69) is 0 Å². The first-order valence-corrected chi connectivity index (χ1v) is 4.75. The largest absolute Gasteiger partial charge is 0.446 e. The minimum absolute atomic E-state index is 0. The maximum absolute atomic E-state index is 12.0. The van der Waals surface area contributed by atoms with E-state index in [-0.39, 0.29) is 29.1 Å². The number of hydrogen-bond donors (Lipinski definition) is 1. The topological polar surface area (TPSA) is 49.8 Å². The average Bonchev–Trinajstić information content (AvgIpc) is 2.15. The number of nitrogens with zero attached hydrogens (tertiary/aromatic N) is 1. The molecule has 2 nitrogen and oxygen atoms in total. The van der Waals surface area contributed by atoms with Crippen molar-refractivity contribution in [1.29, 1.82) is 5.26 Å². The maximum atomic E-state index is 12.0. The van der Waals surface area contributed by atoms with Crippen LogP contribution in [0.15, 0.2) is 29.2 Å². The lowest BCUT2D eigenvalue weighted by atomic mass is 10.1. The van der Waals surface area contributed by atoms with E-state index >= 15 is 0 Å². The summed E-state index contributed by atoms with van der Waals surface area (Å²) in [5, 5.41) is 8.48. The number of halogens is 4. The summed E-state index contributed by atoms with van der Waals surface area (Å²) in [7, 11) is 0. The summed E-state index contributed by atoms with van der Waals surface area (Å²) in [6, 6.07) is 6.43. The Kier molecular flexibility index (Phi) is 5.65. The third kappa shape index (κ3) is 4.75. The van der Waals surface area contributed by atoms with Crippen LogP contribution < -0.4 is 5.73 Å². The van der Waals surface area contributed by atoms with Crippen molar-refractivity contribution in [2.75, 3.05) is 0 Å². The average molecular weight is 269 g/mol. The van der Waals surface area contributed by atoms with Crippen LogP contribution in [0, 0.1) is 11.3 Å². The Hall–Kier alpha value is -0.900. The molecule has 0 saturated heterocycles. The number of alkyl halides is 3. The van der Waals surface area contributed by atoms with Crippen molar-refractivity contribution in [2.24, 2.45) is 5.73 Å². The molecule has 0 fully saturated rings. The fraction of sp³-hybridized carbons (Fsp3) is 0.222. The van der Waals surface area contributed by atoms with Gasteiger partial charge >= 0.3 is 5.51 Å². The van der Waals surface area contributed by atoms with Gasteiger partial charge < -0.3 is 5.73 Å². The molecule has 16 heavy (non-hydrogen) atoms. The number of thioether (sulfide) groups is 1. The van der Waals surface area contributed by atoms with Crippen molar-refractivity contribution < 1.29 is 13.2 Å². The summed E-state index contributed by atoms with van der Waals surface area (Å²) in [5.74, 6) is 0. The Balaban J connectivity index is 0.00000225. The third-order valence-electron chi connectivity index (χ3n) is 1.61. The van der Waals surface area contributed by atoms with Crippen LogP contribution >= 0.6 is 24.2 Å². The molecule has 0 aromatic heterocycles. The molecule has 0 aliphatic carbocycles. The second kappa shape index (κ2) is 5.99. The smallest absolute Gasteiger partial charge is 0.312 e. The maximum Gasteiger partial charge on any atom is 0.446 e. The van der Waals surface area contributed by atoms with E-state index in [1.807, 2.05) is 0 Å². The first-order valence-electron chi connectivity index (χ1n) is 3.93. The SMILES string of the molecule is Cl.N#CC(N)c1ccc(SC(F)(F)F)cc1. The zero-order valence-electron chi connectivity index (χ0n) is 7.86. The summed E-state index contributed by atoms with van der Waals surface area (Å²) in [4.78, 5) is 0.0800. The van der Waals surface area contributed by atoms with E-state index in [9.17, 15) is 13.2 Å². The zero-order valence-corrected chi connectivity index (χ0v) is 9.49. The summed E-state index contributed by atoms with van der Waals surface area (Å²) in [6.45, 7) is 0. The molecule has 0 radical (unpaired) electrons. The summed E-state index contributed by atoms with van der Waals surface area (Å²) < 4.78 is 35.9. The van der Waals surface area contributed by atoms with E-state index in [4.69, 9.17) is 11.0 Å². The third-order valence-corrected chi connectivity index (χ3v) is 2.35. The van der Waals surface area contributed by atoms with Crippen molar-refractivity contribution in [3.8, 4) is 6.07 Å². The van der Waals surface area contributed by atoms with Crippen LogP contribution in [0.1, 0.15) is 11.6 Å². The number of nitriles is 1. The van der Waals surface area contributed by atoms with E-state index in [1.165, 1.54) is 24.3 Å². The fourth-order valence-corrected chi connectivity index (χ4v) is 1.49. The molecule has 0 bridgehead atoms. The van der Waals surface area contributed by atoms with Gasteiger partial charge in [-0.15, -0.1) is 12.4 Å². The van der Waals surface area contributed by atoms with Gasteiger partial charge in [0.15, 0.2) is 0 Å². The van der Waals surface area contributed by atoms with E-state index < -0.39 is 11.6 Å². The van der Waals surface area contributed by atoms with Gasteiger partial charge in [-0.2, -0.15) is 18.4 Å². The van der Waals surface area contributed by atoms with Crippen LogP contribution in [0.3, 0.4) is 0 Å². The number of hydrogen-bond acceptors (Lipinski definition) is 3. The Labute approximate surface area is 101 Å². The van der Waals surface area contributed by atoms with Gasteiger partial charge in [-0.1, -0.05) is 12.1 Å². The molecular weight excluding hydrogens is 261 g/mol. The van der Waals surface area contributed by atoms with Gasteiger partial charge in [-0.05, 0) is 29.5 Å². The molecule has 1 aromatic rings. The molecule has 1 atom stereocenters. The van der Waals surface area contributed by atoms with Gasteiger partial charge in [0.05, 0.1) is 6.07 Å². The van der Waals surface area contributed by atoms with E-state index in [0.29, 0.717) is 5.56 Å². The highest BCUT2D eigenvalue weighted by atomic mass is 35.5. The van der Waals surface area contributed by atoms with E-state index in [0.717, 1.165) is 0 Å². The molecule has 88 valence electrons. The van der Waals surface area contributed by atoms with Crippen LogP contribution in [0.4, 0.5) is 13.2 Å². The Morgan fingerprint density at radius 1 is 1.25 bits per heavy atom. The van der Waals surface area contributed by atoms with Gasteiger partial charge in [-0.3, -0.25) is 0 Å². The summed E-state index contributed by atoms with van der Waals surface area (Å²) >= 11 is -0.195. The highest BCUT2D eigenvalue weighted by Crippen LogP contribution is 2.36. The molecule has 1 aromatic carbocycles. The molecule has 1 rings (SSSR count). The van der Waals surface area contributed by atoms with Gasteiger partial charge in [-0.25, -0.2) is 0 Å². The number of nitrogens with two attached hydrogens (primary N) is 1. The standard InChI is InChI=1S/C9H7F3N2S.ClH/c10-9(11,12)15-7-3-1-6(2-4-7)8(14)5-13;/h1-4,8H,14H2;1H. The molecule has 2 N–H and O–H groups in total. The lowest BCUT2D eigenvalue weighted by molar-refractivity contribution is -0.0328. The Morgan fingerprint density at radius 3 is 2.12 bits per heavy atom. The predicted octanol–water partition coefficient (Wildman–Crippen LogP) is 3.24. The van der Waals surface area contributed by atoms with E-state index in [1.54, 1.807) is 6.07 Å². The molecule has 0 saturated carbocycles. The van der Waals surface area contributed by atoms with Crippen LogP contribution in [0.2, 0.25) is 0 Å². The van der Waals surface area contributed by atoms with Gasteiger partial charge in [0.25, 0.3) is 0 Å².